The molecular formula is C9H7NO5. The van der Waals surface area contributed by atoms with Gasteiger partial charge in [-0.05, 0) is 18.2 Å². The molecule has 78 valence electrons. The summed E-state index contributed by atoms with van der Waals surface area (Å²) in [6, 6.07) is 0. The van der Waals surface area contributed by atoms with E-state index in [1.807, 2.05) is 0 Å². The zero-order valence-electron chi connectivity index (χ0n) is 7.76. The van der Waals surface area contributed by atoms with E-state index >= 15 is 0 Å². The fourth-order valence-electron chi connectivity index (χ4n) is 0.859. The van der Waals surface area contributed by atoms with Crippen molar-refractivity contribution in [3.8, 4) is 0 Å². The monoisotopic (exact) mass is 209 g/mol. The van der Waals surface area contributed by atoms with Crippen LogP contribution in [0.2, 0.25) is 0 Å². The number of rotatable bonds is 2. The summed E-state index contributed by atoms with van der Waals surface area (Å²) in [5, 5.41) is 12.0. The Bertz CT molecular complexity index is 416. The first kappa shape index (κ1) is 10.8. The topological polar surface area (TPSA) is 93.0 Å². The Kier molecular flexibility index (Phi) is 3.12. The largest absolute Gasteiger partial charge is 0.478 e. The predicted molar refractivity (Wildman–Crippen MR) is 49.1 cm³/mol. The van der Waals surface area contributed by atoms with E-state index in [1.165, 1.54) is 6.08 Å². The highest BCUT2D eigenvalue weighted by Crippen LogP contribution is 2.06. The zero-order valence-corrected chi connectivity index (χ0v) is 7.76. The first-order valence-corrected chi connectivity index (χ1v) is 3.93. The Morgan fingerprint density at radius 1 is 1.40 bits per heavy atom. The molecule has 0 fully saturated rings. The van der Waals surface area contributed by atoms with Crippen LogP contribution in [-0.2, 0) is 19.2 Å². The van der Waals surface area contributed by atoms with Gasteiger partial charge in [0, 0.05) is 6.92 Å². The first-order chi connectivity index (χ1) is 7.00. The molecule has 0 saturated heterocycles. The van der Waals surface area contributed by atoms with Crippen molar-refractivity contribution in [2.24, 2.45) is 5.16 Å². The Morgan fingerprint density at radius 3 is 2.60 bits per heavy atom. The molecule has 0 saturated carbocycles. The van der Waals surface area contributed by atoms with Crippen molar-refractivity contribution in [1.82, 2.24) is 0 Å². The summed E-state index contributed by atoms with van der Waals surface area (Å²) in [7, 11) is 0. The minimum atomic E-state index is -1.35. The molecule has 0 aromatic heterocycles. The molecule has 0 aliphatic heterocycles. The van der Waals surface area contributed by atoms with Crippen molar-refractivity contribution in [1.29, 1.82) is 0 Å². The van der Waals surface area contributed by atoms with Crippen molar-refractivity contribution in [3.63, 3.8) is 0 Å². The Labute approximate surface area is 84.5 Å². The van der Waals surface area contributed by atoms with Crippen LogP contribution in [0.1, 0.15) is 6.92 Å². The van der Waals surface area contributed by atoms with E-state index in [2.05, 4.69) is 9.99 Å². The number of carbonyl (C=O) groups excluding carboxylic acids is 2. The molecule has 0 aromatic rings. The molecule has 0 spiro atoms. The molecule has 1 rings (SSSR count). The number of nitrogens with zero attached hydrogens (tertiary/aromatic N) is 1. The number of oxime groups is 1. The van der Waals surface area contributed by atoms with Gasteiger partial charge < -0.3 is 9.94 Å². The van der Waals surface area contributed by atoms with Crippen LogP contribution in [-0.4, -0.2) is 28.5 Å². The van der Waals surface area contributed by atoms with Gasteiger partial charge in [-0.15, -0.1) is 0 Å². The van der Waals surface area contributed by atoms with E-state index in [0.29, 0.717) is 0 Å². The van der Waals surface area contributed by atoms with Gasteiger partial charge in [-0.25, -0.2) is 9.59 Å². The summed E-state index contributed by atoms with van der Waals surface area (Å²) in [4.78, 5) is 36.3. The molecule has 6 nitrogen and oxygen atoms in total. The lowest BCUT2D eigenvalue weighted by Gasteiger charge is -2.02. The Balaban J connectivity index is 2.91. The van der Waals surface area contributed by atoms with Gasteiger partial charge in [0.1, 0.15) is 11.3 Å². The van der Waals surface area contributed by atoms with Gasteiger partial charge in [0.15, 0.2) is 5.78 Å². The van der Waals surface area contributed by atoms with Gasteiger partial charge in [-0.3, -0.25) is 4.79 Å². The molecule has 0 atom stereocenters. The van der Waals surface area contributed by atoms with Crippen LogP contribution in [0.5, 0.6) is 0 Å². The maximum absolute atomic E-state index is 11.0. The summed E-state index contributed by atoms with van der Waals surface area (Å²) in [6.45, 7) is 1.16. The fraction of sp³-hybridized carbons (Fsp3) is 0.111. The first-order valence-electron chi connectivity index (χ1n) is 3.93. The normalized spacial score (nSPS) is 17.5. The van der Waals surface area contributed by atoms with Crippen LogP contribution in [0.3, 0.4) is 0 Å². The van der Waals surface area contributed by atoms with Crippen molar-refractivity contribution in [2.75, 3.05) is 0 Å². The van der Waals surface area contributed by atoms with Crippen LogP contribution in [0.15, 0.2) is 29.0 Å². The molecule has 15 heavy (non-hydrogen) atoms. The predicted octanol–water partition coefficient (Wildman–Crippen LogP) is 0.0554. The van der Waals surface area contributed by atoms with Gasteiger partial charge in [0.25, 0.3) is 0 Å². The third-order valence-corrected chi connectivity index (χ3v) is 1.47. The quantitative estimate of drug-likeness (QED) is 0.300. The second kappa shape index (κ2) is 4.32. The highest BCUT2D eigenvalue weighted by atomic mass is 16.7. The standard InChI is InChI=1S/C9H7NO5/c1-5(11)15-10-6-2-3-8(12)7(4-6)9(13)14/h2-4H,1H3,(H,13,14)/b10-6-. The van der Waals surface area contributed by atoms with Crippen molar-refractivity contribution in [3.05, 3.63) is 23.8 Å². The molecule has 0 heterocycles. The van der Waals surface area contributed by atoms with E-state index in [0.717, 1.165) is 19.1 Å². The number of carboxylic acid groups (broad SMARTS) is 1. The summed E-state index contributed by atoms with van der Waals surface area (Å²) in [6.07, 6.45) is 3.34. The maximum Gasteiger partial charge on any atom is 0.339 e. The lowest BCUT2D eigenvalue weighted by Crippen LogP contribution is -2.15. The summed E-state index contributed by atoms with van der Waals surface area (Å²) in [5.41, 5.74) is -0.314. The van der Waals surface area contributed by atoms with E-state index in [-0.39, 0.29) is 5.71 Å². The average molecular weight is 209 g/mol. The highest BCUT2D eigenvalue weighted by molar-refractivity contribution is 6.29. The van der Waals surface area contributed by atoms with E-state index in [1.54, 1.807) is 0 Å². The smallest absolute Gasteiger partial charge is 0.339 e. The summed E-state index contributed by atoms with van der Waals surface area (Å²) in [5.74, 6) is -2.60. The molecular weight excluding hydrogens is 202 g/mol. The van der Waals surface area contributed by atoms with E-state index in [9.17, 15) is 14.4 Å². The number of ketones is 1. The Morgan fingerprint density at radius 2 is 2.07 bits per heavy atom. The number of allylic oxidation sites excluding steroid dienone is 3. The minimum Gasteiger partial charge on any atom is -0.478 e. The van der Waals surface area contributed by atoms with Crippen molar-refractivity contribution < 1.29 is 24.3 Å². The van der Waals surface area contributed by atoms with Crippen LogP contribution in [0.25, 0.3) is 0 Å². The minimum absolute atomic E-state index is 0.0993. The Hall–Kier alpha value is -2.24. The van der Waals surface area contributed by atoms with Gasteiger partial charge >= 0.3 is 11.9 Å². The maximum atomic E-state index is 11.0. The second-order valence-electron chi connectivity index (χ2n) is 2.66. The number of aliphatic carboxylic acids is 1. The van der Waals surface area contributed by atoms with Crippen LogP contribution < -0.4 is 0 Å². The molecule has 1 aliphatic rings. The van der Waals surface area contributed by atoms with E-state index < -0.39 is 23.3 Å². The van der Waals surface area contributed by atoms with Crippen molar-refractivity contribution in [2.45, 2.75) is 6.92 Å². The summed E-state index contributed by atoms with van der Waals surface area (Å²) < 4.78 is 0. The third-order valence-electron chi connectivity index (χ3n) is 1.47. The molecule has 0 radical (unpaired) electrons. The fourth-order valence-corrected chi connectivity index (χ4v) is 0.859. The molecule has 0 aromatic carbocycles. The number of carbonyl (C=O) groups is 3. The number of hydrogen-bond donors (Lipinski definition) is 1. The highest BCUT2D eigenvalue weighted by Gasteiger charge is 2.18. The average Bonchev–Trinajstić information content (AvgIpc) is 2.16. The summed E-state index contributed by atoms with van der Waals surface area (Å²) >= 11 is 0. The lowest BCUT2D eigenvalue weighted by molar-refractivity contribution is -0.141. The molecule has 0 bridgehead atoms. The third kappa shape index (κ3) is 2.87. The number of hydrogen-bond acceptors (Lipinski definition) is 5. The lowest BCUT2D eigenvalue weighted by atomic mass is 10.0. The second-order valence-corrected chi connectivity index (χ2v) is 2.66. The van der Waals surface area contributed by atoms with Gasteiger partial charge in [-0.2, -0.15) is 0 Å². The van der Waals surface area contributed by atoms with E-state index in [4.69, 9.17) is 5.11 Å². The van der Waals surface area contributed by atoms with Crippen LogP contribution in [0, 0.1) is 0 Å². The molecule has 1 N–H and O–H groups in total. The zero-order chi connectivity index (χ0) is 11.4. The van der Waals surface area contributed by atoms with Gasteiger partial charge in [0.2, 0.25) is 0 Å². The van der Waals surface area contributed by atoms with Gasteiger partial charge in [-0.1, -0.05) is 5.16 Å². The molecule has 1 aliphatic carbocycles. The van der Waals surface area contributed by atoms with Crippen molar-refractivity contribution >= 4 is 23.4 Å². The number of carboxylic acids is 1. The molecule has 0 amide bonds. The van der Waals surface area contributed by atoms with Crippen LogP contribution in [0.4, 0.5) is 0 Å². The van der Waals surface area contributed by atoms with Crippen LogP contribution >= 0.6 is 0 Å². The molecule has 6 heteroatoms. The SMILES string of the molecule is CC(=O)O/N=C1/C=CC(=O)C(C(=O)O)=C1. The van der Waals surface area contributed by atoms with Gasteiger partial charge in [0.05, 0.1) is 0 Å². The molecule has 0 unspecified atom stereocenters.